The molecule has 5 nitrogen and oxygen atoms in total. The van der Waals surface area contributed by atoms with Crippen LogP contribution >= 0.6 is 11.8 Å². The average Bonchev–Trinajstić information content (AvgIpc) is 2.52. The maximum Gasteiger partial charge on any atom is 0.210 e. The van der Waals surface area contributed by atoms with Crippen LogP contribution in [0.3, 0.4) is 0 Å². The fourth-order valence-electron chi connectivity index (χ4n) is 2.47. The molecular weight excluding hydrogens is 302 g/mol. The molecule has 1 aliphatic rings. The van der Waals surface area contributed by atoms with Crippen molar-refractivity contribution in [3.63, 3.8) is 0 Å². The molecule has 22 heavy (non-hydrogen) atoms. The number of rotatable bonds is 6. The lowest BCUT2D eigenvalue weighted by Gasteiger charge is -2.24. The highest BCUT2D eigenvalue weighted by atomic mass is 32.2. The van der Waals surface area contributed by atoms with Crippen LogP contribution in [0.4, 0.5) is 0 Å². The highest BCUT2D eigenvalue weighted by Gasteiger charge is 2.32. The molecule has 0 N–H and O–H groups in total. The van der Waals surface area contributed by atoms with E-state index in [-0.39, 0.29) is 29.1 Å². The Morgan fingerprint density at radius 3 is 2.77 bits per heavy atom. The summed E-state index contributed by atoms with van der Waals surface area (Å²) in [5, 5.41) is 10.9. The fraction of sp³-hybridized carbons (Fsp3) is 0.438. The third kappa shape index (κ3) is 4.59. The van der Waals surface area contributed by atoms with Crippen molar-refractivity contribution in [3.8, 4) is 5.75 Å². The summed E-state index contributed by atoms with van der Waals surface area (Å²) in [6, 6.07) is 7.44. The summed E-state index contributed by atoms with van der Waals surface area (Å²) in [4.78, 5) is 22.6. The Morgan fingerprint density at radius 2 is 2.18 bits per heavy atom. The largest absolute Gasteiger partial charge is 0.497 e. The number of carbonyl (C=O) groups excluding carboxylic acids is 1. The molecule has 1 saturated heterocycles. The van der Waals surface area contributed by atoms with Crippen molar-refractivity contribution in [2.24, 2.45) is 11.8 Å². The third-order valence-electron chi connectivity index (χ3n) is 3.73. The van der Waals surface area contributed by atoms with Gasteiger partial charge in [-0.3, -0.25) is 14.9 Å². The summed E-state index contributed by atoms with van der Waals surface area (Å²) >= 11 is 1.69. The number of hydrogen-bond acceptors (Lipinski definition) is 5. The summed E-state index contributed by atoms with van der Waals surface area (Å²) < 4.78 is 5.10. The molecule has 1 aromatic carbocycles. The molecule has 0 aromatic heterocycles. The Labute approximate surface area is 133 Å². The standard InChI is InChI=1S/C16H19NO4S/c1-21-14-6-3-12(4-7-14)2-5-13(10-17(19)20)15-11-22-9-8-16(15)18/h2-7,13,15H,8-11H2,1H3/b5-2+/t13-,15+/m1/s1. The lowest BCUT2D eigenvalue weighted by Crippen LogP contribution is -2.32. The van der Waals surface area contributed by atoms with E-state index in [1.165, 1.54) is 0 Å². The number of nitrogens with zero attached hydrogens (tertiary/aromatic N) is 1. The summed E-state index contributed by atoms with van der Waals surface area (Å²) in [5.41, 5.74) is 0.935. The molecule has 0 amide bonds. The van der Waals surface area contributed by atoms with Crippen LogP contribution in [0.5, 0.6) is 5.75 Å². The molecule has 0 saturated carbocycles. The van der Waals surface area contributed by atoms with Crippen molar-refractivity contribution in [1.29, 1.82) is 0 Å². The van der Waals surface area contributed by atoms with Crippen molar-refractivity contribution in [2.45, 2.75) is 6.42 Å². The first-order chi connectivity index (χ1) is 10.6. The van der Waals surface area contributed by atoms with Gasteiger partial charge in [0.2, 0.25) is 6.54 Å². The average molecular weight is 321 g/mol. The van der Waals surface area contributed by atoms with E-state index in [1.807, 2.05) is 30.3 Å². The first-order valence-electron chi connectivity index (χ1n) is 7.14. The topological polar surface area (TPSA) is 69.4 Å². The summed E-state index contributed by atoms with van der Waals surface area (Å²) in [6.45, 7) is -0.205. The van der Waals surface area contributed by atoms with Crippen molar-refractivity contribution in [3.05, 3.63) is 46.0 Å². The lowest BCUT2D eigenvalue weighted by atomic mass is 9.88. The van der Waals surface area contributed by atoms with Gasteiger partial charge in [0.1, 0.15) is 11.5 Å². The Bertz CT molecular complexity index is 556. The van der Waals surface area contributed by atoms with E-state index < -0.39 is 0 Å². The normalized spacial score (nSPS) is 20.0. The SMILES string of the molecule is COc1ccc(/C=C/[C@H](C[N+](=O)[O-])[C@@H]2CSCCC2=O)cc1. The number of ketones is 1. The van der Waals surface area contributed by atoms with Gasteiger partial charge in [0.25, 0.3) is 0 Å². The van der Waals surface area contributed by atoms with Gasteiger partial charge in [-0.25, -0.2) is 0 Å². The van der Waals surface area contributed by atoms with Gasteiger partial charge >= 0.3 is 0 Å². The minimum atomic E-state index is -0.350. The van der Waals surface area contributed by atoms with Crippen LogP contribution in [0.2, 0.25) is 0 Å². The van der Waals surface area contributed by atoms with E-state index in [4.69, 9.17) is 4.74 Å². The molecule has 0 aliphatic carbocycles. The van der Waals surface area contributed by atoms with Gasteiger partial charge in [0, 0.05) is 28.8 Å². The summed E-state index contributed by atoms with van der Waals surface area (Å²) in [7, 11) is 1.60. The van der Waals surface area contributed by atoms with Crippen LogP contribution in [0.1, 0.15) is 12.0 Å². The van der Waals surface area contributed by atoms with E-state index in [9.17, 15) is 14.9 Å². The zero-order valence-corrected chi connectivity index (χ0v) is 13.3. The van der Waals surface area contributed by atoms with Gasteiger partial charge in [-0.05, 0) is 17.7 Å². The van der Waals surface area contributed by atoms with Gasteiger partial charge in [0.05, 0.1) is 13.0 Å². The maximum atomic E-state index is 12.0. The fourth-order valence-corrected chi connectivity index (χ4v) is 3.67. The van der Waals surface area contributed by atoms with Gasteiger partial charge < -0.3 is 4.74 Å². The Kier molecular flexibility index (Phi) is 6.00. The molecule has 0 spiro atoms. The van der Waals surface area contributed by atoms with Crippen LogP contribution in [0.15, 0.2) is 30.3 Å². The van der Waals surface area contributed by atoms with Gasteiger partial charge in [-0.2, -0.15) is 11.8 Å². The summed E-state index contributed by atoms with van der Waals surface area (Å²) in [5.74, 6) is 1.80. The molecule has 118 valence electrons. The summed E-state index contributed by atoms with van der Waals surface area (Å²) in [6.07, 6.45) is 4.17. The Hall–Kier alpha value is -1.82. The first kappa shape index (κ1) is 16.5. The van der Waals surface area contributed by atoms with Crippen LogP contribution in [0, 0.1) is 22.0 Å². The predicted molar refractivity (Wildman–Crippen MR) is 87.8 cm³/mol. The molecule has 1 aliphatic heterocycles. The van der Waals surface area contributed by atoms with Crippen molar-refractivity contribution >= 4 is 23.6 Å². The highest BCUT2D eigenvalue weighted by molar-refractivity contribution is 7.99. The van der Waals surface area contributed by atoms with Crippen LogP contribution < -0.4 is 4.74 Å². The lowest BCUT2D eigenvalue weighted by molar-refractivity contribution is -0.486. The molecule has 1 heterocycles. The van der Waals surface area contributed by atoms with Crippen LogP contribution in [0.25, 0.3) is 6.08 Å². The second-order valence-corrected chi connectivity index (χ2v) is 6.36. The Balaban J connectivity index is 2.12. The molecule has 1 aromatic rings. The monoisotopic (exact) mass is 321 g/mol. The molecule has 0 radical (unpaired) electrons. The number of benzene rings is 1. The number of methoxy groups -OCH3 is 1. The molecule has 2 rings (SSSR count). The number of ether oxygens (including phenoxy) is 1. The van der Waals surface area contributed by atoms with E-state index in [1.54, 1.807) is 24.9 Å². The minimum Gasteiger partial charge on any atom is -0.497 e. The smallest absolute Gasteiger partial charge is 0.210 e. The number of thioether (sulfide) groups is 1. The maximum absolute atomic E-state index is 12.0. The molecule has 1 fully saturated rings. The number of nitro groups is 1. The number of carbonyl (C=O) groups is 1. The Morgan fingerprint density at radius 1 is 1.45 bits per heavy atom. The zero-order chi connectivity index (χ0) is 15.9. The van der Waals surface area contributed by atoms with E-state index in [0.717, 1.165) is 17.1 Å². The number of Topliss-reactive ketones (excluding diaryl/α,β-unsaturated/α-hetero) is 1. The first-order valence-corrected chi connectivity index (χ1v) is 8.30. The second-order valence-electron chi connectivity index (χ2n) is 5.21. The molecule has 6 heteroatoms. The second kappa shape index (κ2) is 7.98. The highest BCUT2D eigenvalue weighted by Crippen LogP contribution is 2.28. The molecule has 0 bridgehead atoms. The molecule has 0 unspecified atom stereocenters. The molecule has 2 atom stereocenters. The van der Waals surface area contributed by atoms with Gasteiger partial charge in [-0.1, -0.05) is 24.3 Å². The van der Waals surface area contributed by atoms with Crippen LogP contribution in [-0.4, -0.2) is 35.9 Å². The van der Waals surface area contributed by atoms with E-state index in [0.29, 0.717) is 12.2 Å². The quantitative estimate of drug-likeness (QED) is 0.595. The predicted octanol–water partition coefficient (Wildman–Crippen LogP) is 2.92. The number of hydrogen-bond donors (Lipinski definition) is 0. The van der Waals surface area contributed by atoms with Crippen LogP contribution in [-0.2, 0) is 4.79 Å². The van der Waals surface area contributed by atoms with Crippen molar-refractivity contribution in [2.75, 3.05) is 25.2 Å². The van der Waals surface area contributed by atoms with E-state index in [2.05, 4.69) is 0 Å². The van der Waals surface area contributed by atoms with Gasteiger partial charge in [-0.15, -0.1) is 0 Å². The van der Waals surface area contributed by atoms with Crippen molar-refractivity contribution in [1.82, 2.24) is 0 Å². The van der Waals surface area contributed by atoms with Gasteiger partial charge in [0.15, 0.2) is 0 Å². The molecular formula is C16H19NO4S. The third-order valence-corrected chi connectivity index (χ3v) is 4.82. The van der Waals surface area contributed by atoms with E-state index >= 15 is 0 Å². The van der Waals surface area contributed by atoms with Crippen molar-refractivity contribution < 1.29 is 14.5 Å². The minimum absolute atomic E-state index is 0.144. The zero-order valence-electron chi connectivity index (χ0n) is 12.4.